The first-order chi connectivity index (χ1) is 13.6. The second-order valence-corrected chi connectivity index (χ2v) is 7.61. The van der Waals surface area contributed by atoms with Crippen molar-refractivity contribution in [3.63, 3.8) is 0 Å². The van der Waals surface area contributed by atoms with Gasteiger partial charge in [0, 0.05) is 43.8 Å². The lowest BCUT2D eigenvalue weighted by Crippen LogP contribution is -2.45. The number of nitrogens with zero attached hydrogens (tertiary/aromatic N) is 3. The molecule has 0 radical (unpaired) electrons. The average molecular weight is 408 g/mol. The minimum Gasteiger partial charge on any atom is -0.495 e. The van der Waals surface area contributed by atoms with Gasteiger partial charge < -0.3 is 25.2 Å². The third kappa shape index (κ3) is 5.22. The molecule has 0 spiro atoms. The Labute approximate surface area is 172 Å². The highest BCUT2D eigenvalue weighted by Crippen LogP contribution is 2.33. The zero-order valence-corrected chi connectivity index (χ0v) is 17.5. The maximum absolute atomic E-state index is 12.3. The van der Waals surface area contributed by atoms with Crippen molar-refractivity contribution in [3.05, 3.63) is 23.2 Å². The largest absolute Gasteiger partial charge is 0.495 e. The molecule has 1 amide bonds. The molecule has 2 heterocycles. The maximum Gasteiger partial charge on any atom is 0.244 e. The van der Waals surface area contributed by atoms with Crippen molar-refractivity contribution in [2.45, 2.75) is 32.2 Å². The minimum absolute atomic E-state index is 0.103. The van der Waals surface area contributed by atoms with Crippen LogP contribution in [0.2, 0.25) is 5.02 Å². The Morgan fingerprint density at radius 3 is 2.82 bits per heavy atom. The molecule has 2 aliphatic heterocycles. The van der Waals surface area contributed by atoms with Crippen molar-refractivity contribution in [2.24, 2.45) is 4.99 Å². The number of rotatable bonds is 6. The van der Waals surface area contributed by atoms with E-state index in [4.69, 9.17) is 16.3 Å². The van der Waals surface area contributed by atoms with Gasteiger partial charge in [-0.2, -0.15) is 0 Å². The average Bonchev–Trinajstić information content (AvgIpc) is 3.38. The van der Waals surface area contributed by atoms with Gasteiger partial charge in [-0.3, -0.25) is 4.79 Å². The van der Waals surface area contributed by atoms with Crippen LogP contribution >= 0.6 is 11.6 Å². The molecule has 2 saturated heterocycles. The summed E-state index contributed by atoms with van der Waals surface area (Å²) in [5.74, 6) is 1.62. The number of halogens is 1. The van der Waals surface area contributed by atoms with Crippen LogP contribution in [-0.4, -0.2) is 69.2 Å². The molecule has 1 aromatic rings. The van der Waals surface area contributed by atoms with E-state index < -0.39 is 0 Å². The van der Waals surface area contributed by atoms with Gasteiger partial charge >= 0.3 is 0 Å². The molecule has 2 aliphatic rings. The van der Waals surface area contributed by atoms with Gasteiger partial charge in [0.05, 0.1) is 12.8 Å². The fourth-order valence-corrected chi connectivity index (χ4v) is 3.90. The van der Waals surface area contributed by atoms with Crippen LogP contribution in [0.5, 0.6) is 5.75 Å². The molecule has 1 aromatic carbocycles. The summed E-state index contributed by atoms with van der Waals surface area (Å²) in [6.07, 6.45) is 3.16. The fourth-order valence-electron chi connectivity index (χ4n) is 3.73. The van der Waals surface area contributed by atoms with Gasteiger partial charge in [-0.1, -0.05) is 11.6 Å². The highest BCUT2D eigenvalue weighted by Gasteiger charge is 2.26. The molecular formula is C20H30ClN5O2. The second kappa shape index (κ2) is 9.87. The van der Waals surface area contributed by atoms with Crippen LogP contribution in [0.3, 0.4) is 0 Å². The molecule has 1 unspecified atom stereocenters. The molecule has 1 atom stereocenters. The van der Waals surface area contributed by atoms with Gasteiger partial charge in [-0.05, 0) is 44.4 Å². The summed E-state index contributed by atoms with van der Waals surface area (Å²) < 4.78 is 5.48. The number of hydrogen-bond donors (Lipinski definition) is 2. The van der Waals surface area contributed by atoms with E-state index in [1.54, 1.807) is 7.11 Å². The topological polar surface area (TPSA) is 69.2 Å². The van der Waals surface area contributed by atoms with Crippen molar-refractivity contribution < 1.29 is 9.53 Å². The van der Waals surface area contributed by atoms with Gasteiger partial charge in [0.25, 0.3) is 0 Å². The zero-order valence-electron chi connectivity index (χ0n) is 16.7. The number of ether oxygens (including phenoxy) is 1. The summed E-state index contributed by atoms with van der Waals surface area (Å²) in [5, 5.41) is 7.41. The monoisotopic (exact) mass is 407 g/mol. The van der Waals surface area contributed by atoms with Crippen molar-refractivity contribution in [1.82, 2.24) is 15.5 Å². The molecule has 2 N–H and O–H groups in total. The number of methoxy groups -OCH3 is 1. The summed E-state index contributed by atoms with van der Waals surface area (Å²) in [6, 6.07) is 5.91. The normalized spacial score (nSPS) is 19.8. The first-order valence-corrected chi connectivity index (χ1v) is 10.4. The Bertz CT molecular complexity index is 706. The van der Waals surface area contributed by atoms with Crippen LogP contribution < -0.4 is 20.3 Å². The summed E-state index contributed by atoms with van der Waals surface area (Å²) in [7, 11) is 1.67. The Morgan fingerprint density at radius 1 is 1.32 bits per heavy atom. The summed E-state index contributed by atoms with van der Waals surface area (Å²) >= 11 is 6.18. The fraction of sp³-hybridized carbons (Fsp3) is 0.600. The van der Waals surface area contributed by atoms with Gasteiger partial charge in [0.15, 0.2) is 5.96 Å². The Hall–Kier alpha value is -2.15. The number of amides is 1. The summed E-state index contributed by atoms with van der Waals surface area (Å²) in [6.45, 7) is 6.41. The number of likely N-dealkylation sites (tertiary alicyclic amines) is 1. The van der Waals surface area contributed by atoms with Crippen molar-refractivity contribution in [3.8, 4) is 5.75 Å². The molecule has 0 bridgehead atoms. The second-order valence-electron chi connectivity index (χ2n) is 7.18. The molecule has 7 nitrogen and oxygen atoms in total. The number of guanidine groups is 1. The number of nitrogens with one attached hydrogen (secondary N) is 2. The zero-order chi connectivity index (χ0) is 19.9. The van der Waals surface area contributed by atoms with E-state index in [-0.39, 0.29) is 18.5 Å². The molecule has 2 fully saturated rings. The smallest absolute Gasteiger partial charge is 0.244 e. The molecular weight excluding hydrogens is 378 g/mol. The van der Waals surface area contributed by atoms with Crippen LogP contribution in [-0.2, 0) is 4.79 Å². The van der Waals surface area contributed by atoms with E-state index in [9.17, 15) is 4.79 Å². The quantitative estimate of drug-likeness (QED) is 0.558. The van der Waals surface area contributed by atoms with Crippen LogP contribution in [0.4, 0.5) is 5.69 Å². The van der Waals surface area contributed by atoms with Gasteiger partial charge in [-0.15, -0.1) is 0 Å². The Kier molecular flexibility index (Phi) is 7.25. The summed E-state index contributed by atoms with van der Waals surface area (Å²) in [5.41, 5.74) is 1.01. The van der Waals surface area contributed by atoms with Crippen molar-refractivity contribution in [1.29, 1.82) is 0 Å². The predicted octanol–water partition coefficient (Wildman–Crippen LogP) is 2.10. The van der Waals surface area contributed by atoms with E-state index in [1.807, 2.05) is 30.0 Å². The van der Waals surface area contributed by atoms with E-state index in [0.717, 1.165) is 63.4 Å². The lowest BCUT2D eigenvalue weighted by molar-refractivity contribution is -0.128. The molecule has 3 rings (SSSR count). The third-order valence-corrected chi connectivity index (χ3v) is 5.42. The van der Waals surface area contributed by atoms with Gasteiger partial charge in [0.2, 0.25) is 5.91 Å². The highest BCUT2D eigenvalue weighted by molar-refractivity contribution is 6.30. The SMILES string of the molecule is CCNC(=NCC(=O)N1CCCC1)NC1CCN(c2cc(Cl)ccc2OC)C1. The van der Waals surface area contributed by atoms with E-state index in [2.05, 4.69) is 20.5 Å². The van der Waals surface area contributed by atoms with Crippen LogP contribution in [0.25, 0.3) is 0 Å². The molecule has 154 valence electrons. The number of anilines is 1. The molecule has 0 aliphatic carbocycles. The van der Waals surface area contributed by atoms with Crippen molar-refractivity contribution in [2.75, 3.05) is 51.3 Å². The molecule has 28 heavy (non-hydrogen) atoms. The van der Waals surface area contributed by atoms with Gasteiger partial charge in [0.1, 0.15) is 12.3 Å². The maximum atomic E-state index is 12.3. The molecule has 8 heteroatoms. The first kappa shape index (κ1) is 20.6. The van der Waals surface area contributed by atoms with Gasteiger partial charge in [-0.25, -0.2) is 4.99 Å². The van der Waals surface area contributed by atoms with E-state index >= 15 is 0 Å². The third-order valence-electron chi connectivity index (χ3n) is 5.19. The Morgan fingerprint density at radius 2 is 2.11 bits per heavy atom. The molecule has 0 aromatic heterocycles. The van der Waals surface area contributed by atoms with Crippen LogP contribution in [0.15, 0.2) is 23.2 Å². The predicted molar refractivity (Wildman–Crippen MR) is 114 cm³/mol. The Balaban J connectivity index is 1.59. The van der Waals surface area contributed by atoms with E-state index in [1.165, 1.54) is 0 Å². The standard InChI is InChI=1S/C20H30ClN5O2/c1-3-22-20(23-13-19(27)25-9-4-5-10-25)24-16-8-11-26(14-16)17-12-15(21)6-7-18(17)28-2/h6-7,12,16H,3-5,8-11,13-14H2,1-2H3,(H2,22,23,24). The highest BCUT2D eigenvalue weighted by atomic mass is 35.5. The number of aliphatic imine (C=N–C) groups is 1. The lowest BCUT2D eigenvalue weighted by atomic mass is 10.2. The number of carbonyl (C=O) groups excluding carboxylic acids is 1. The van der Waals surface area contributed by atoms with Crippen molar-refractivity contribution >= 4 is 29.2 Å². The number of benzene rings is 1. The van der Waals surface area contributed by atoms with Crippen LogP contribution in [0.1, 0.15) is 26.2 Å². The summed E-state index contributed by atoms with van der Waals surface area (Å²) in [4.78, 5) is 20.9. The first-order valence-electron chi connectivity index (χ1n) is 10.0. The number of carbonyl (C=O) groups is 1. The van der Waals surface area contributed by atoms with E-state index in [0.29, 0.717) is 11.0 Å². The lowest BCUT2D eigenvalue weighted by Gasteiger charge is -2.22. The molecule has 0 saturated carbocycles. The minimum atomic E-state index is 0.103. The number of hydrogen-bond acceptors (Lipinski definition) is 4. The van der Waals surface area contributed by atoms with Crippen LogP contribution in [0, 0.1) is 0 Å².